The van der Waals surface area contributed by atoms with Crippen LogP contribution in [0.5, 0.6) is 0 Å². The molecule has 1 saturated heterocycles. The number of nitrogens with two attached hydrogens (primary N) is 2. The molecule has 11 nitrogen and oxygen atoms in total. The van der Waals surface area contributed by atoms with E-state index in [4.69, 9.17) is 31.2 Å². The van der Waals surface area contributed by atoms with Crippen molar-refractivity contribution in [1.29, 1.82) is 0 Å². The van der Waals surface area contributed by atoms with Crippen molar-refractivity contribution < 1.29 is 14.3 Å². The number of nitrogens with zero attached hydrogens (tertiary/aromatic N) is 4. The van der Waals surface area contributed by atoms with E-state index in [1.165, 1.54) is 61.2 Å². The van der Waals surface area contributed by atoms with Crippen molar-refractivity contribution in [3.05, 3.63) is 167 Å². The summed E-state index contributed by atoms with van der Waals surface area (Å²) in [5, 5.41) is 12.0. The molecule has 13 rings (SSSR count). The van der Waals surface area contributed by atoms with Crippen LogP contribution >= 0.6 is 91.7 Å². The maximum absolute atomic E-state index is 12.1. The van der Waals surface area contributed by atoms with Gasteiger partial charge in [-0.1, -0.05) is 136 Å². The molecule has 0 radical (unpaired) electrons. The molecule has 1 fully saturated rings. The molecule has 3 aromatic carbocycles. The number of methoxy groups -OCH3 is 1. The monoisotopic (exact) mass is 1290 g/mol. The number of fused-ring (bicyclic) bond motifs is 3. The lowest BCUT2D eigenvalue weighted by Gasteiger charge is -2.20. The maximum Gasteiger partial charge on any atom is 0.411 e. The summed E-state index contributed by atoms with van der Waals surface area (Å²) in [4.78, 5) is 47.1. The minimum absolute atomic E-state index is 0.464. The highest BCUT2D eigenvalue weighted by Gasteiger charge is 2.23. The summed E-state index contributed by atoms with van der Waals surface area (Å²) in [6.07, 6.45) is 7.96. The fourth-order valence-corrected chi connectivity index (χ4v) is 17.2. The summed E-state index contributed by atoms with van der Waals surface area (Å²) >= 11 is 13.1. The van der Waals surface area contributed by atoms with E-state index in [1.54, 1.807) is 80.4 Å². The Labute approximate surface area is 535 Å². The average Bonchev–Trinajstić information content (AvgIpc) is 2.21. The van der Waals surface area contributed by atoms with Crippen molar-refractivity contribution in [2.45, 2.75) is 60.8 Å². The van der Waals surface area contributed by atoms with Crippen LogP contribution in [0.2, 0.25) is 0 Å². The van der Waals surface area contributed by atoms with Crippen LogP contribution in [0.1, 0.15) is 62.0 Å². The number of amides is 1. The van der Waals surface area contributed by atoms with Gasteiger partial charge in [0.1, 0.15) is 18.7 Å². The van der Waals surface area contributed by atoms with E-state index in [1.807, 2.05) is 78.2 Å². The predicted molar refractivity (Wildman–Crippen MR) is 376 cm³/mol. The Morgan fingerprint density at radius 2 is 1.07 bits per heavy atom. The average molecular weight is 1290 g/mol. The molecule has 0 saturated carbocycles. The molecule has 86 heavy (non-hydrogen) atoms. The molecule has 6 N–H and O–H groups in total. The smallest absolute Gasteiger partial charge is 0.411 e. The van der Waals surface area contributed by atoms with Gasteiger partial charge in [0, 0.05) is 22.7 Å². The standard InChI is InChI=1S/C23H22N2O2S3.C20H19N3S3.C18H12N2OS2.C6H13N/c1-3-4-12-29-22-20(25-23(26)27-2)19-16(15-9-6-5-7-10-15)14-17(24-21(19)30-22)18-11-8-13-28-18;1-2-10-22-26-20-18(21)17-14(13-7-4-3-5-8-13)12-15(23-19(17)25-20)16-9-6-11-24-16;19-17-15(10-21)23-18-16(17)12(11-5-2-1-3-6-11)9-13(20-18)14-7-4-8-22-14;1-7-5-3-2-4-6-7/h5-11,13-14H,3-4,12H2,1-2H3,(H,25,26);3-9,11-12,22H,2,10,21H2,1H3;1-10H,19H2;2-6H2,1H3. The highest BCUT2D eigenvalue weighted by atomic mass is 32.2. The number of hydrogen-bond donors (Lipinski definition) is 4. The van der Waals surface area contributed by atoms with E-state index in [2.05, 4.69) is 119 Å². The normalized spacial score (nSPS) is 12.2. The van der Waals surface area contributed by atoms with Crippen LogP contribution in [0.25, 0.3) is 95.7 Å². The number of carbonyl (C=O) groups excluding carboxylic acids is 2. The first-order chi connectivity index (χ1) is 42.2. The molecule has 0 spiro atoms. The topological polar surface area (TPSA) is 161 Å². The molecular weight excluding hydrogens is 1220 g/mol. The Bertz CT molecular complexity index is 4110. The lowest BCUT2D eigenvalue weighted by atomic mass is 10.0. The van der Waals surface area contributed by atoms with Gasteiger partial charge in [-0.3, -0.25) is 14.8 Å². The fourth-order valence-electron chi connectivity index (χ4n) is 9.62. The SMILES string of the molecule is CCCCSc1sc2nc(-c3cccs3)cc(-c3ccccc3)c2c1NC(=O)OC.CCCNSc1sc2nc(-c3cccs3)cc(-c3ccccc3)c2c1N.CN1CCCCC1.Nc1c(C=O)sc2nc(-c3cccs3)cc(-c3ccccc3)c12. The van der Waals surface area contributed by atoms with Gasteiger partial charge in [0.25, 0.3) is 0 Å². The molecule has 0 aliphatic carbocycles. The number of nitrogens with one attached hydrogen (secondary N) is 2. The molecule has 1 aliphatic rings. The predicted octanol–water partition coefficient (Wildman–Crippen LogP) is 20.2. The Kier molecular flexibility index (Phi) is 22.3. The molecule has 12 aromatic rings. The first kappa shape index (κ1) is 62.3. The van der Waals surface area contributed by atoms with Crippen molar-refractivity contribution in [3.63, 3.8) is 0 Å². The van der Waals surface area contributed by atoms with Crippen molar-refractivity contribution in [2.24, 2.45) is 0 Å². The summed E-state index contributed by atoms with van der Waals surface area (Å²) in [5.41, 5.74) is 24.3. The number of anilines is 3. The number of benzene rings is 3. The largest absolute Gasteiger partial charge is 0.453 e. The summed E-state index contributed by atoms with van der Waals surface area (Å²) < 4.78 is 10.4. The van der Waals surface area contributed by atoms with Crippen LogP contribution in [0.3, 0.4) is 0 Å². The molecule has 19 heteroatoms. The molecule has 0 atom stereocenters. The number of piperidine rings is 1. The molecule has 0 bridgehead atoms. The van der Waals surface area contributed by atoms with Crippen LogP contribution in [0, 0.1) is 0 Å². The Balaban J connectivity index is 0.000000136. The summed E-state index contributed by atoms with van der Waals surface area (Å²) in [6.45, 7) is 7.93. The highest BCUT2D eigenvalue weighted by Crippen LogP contribution is 2.49. The third kappa shape index (κ3) is 15.1. The number of rotatable bonds is 16. The molecule has 1 aliphatic heterocycles. The lowest BCUT2D eigenvalue weighted by Crippen LogP contribution is -2.24. The first-order valence-corrected chi connectivity index (χ1v) is 35.3. The van der Waals surface area contributed by atoms with Crippen LogP contribution in [0.4, 0.5) is 21.9 Å². The summed E-state index contributed by atoms with van der Waals surface area (Å²) in [5.74, 6) is 0.998. The van der Waals surface area contributed by atoms with Gasteiger partial charge < -0.3 is 21.1 Å². The van der Waals surface area contributed by atoms with Crippen molar-refractivity contribution in [2.75, 3.05) is 56.3 Å². The Hall–Kier alpha value is -6.75. The van der Waals surface area contributed by atoms with Gasteiger partial charge in [-0.05, 0) is 149 Å². The van der Waals surface area contributed by atoms with Gasteiger partial charge in [-0.15, -0.1) is 79.8 Å². The molecule has 0 unspecified atom stereocenters. The van der Waals surface area contributed by atoms with Crippen molar-refractivity contribution in [3.8, 4) is 65.1 Å². The second kappa shape index (κ2) is 30.7. The number of unbranched alkanes of at least 4 members (excludes halogenated alkanes) is 1. The van der Waals surface area contributed by atoms with E-state index >= 15 is 0 Å². The number of likely N-dealkylation sites (tertiary alicyclic amines) is 1. The molecule has 9 aromatic heterocycles. The number of aromatic nitrogens is 3. The molecule has 1 amide bonds. The minimum atomic E-state index is -0.464. The minimum Gasteiger partial charge on any atom is -0.453 e. The number of pyridine rings is 3. The molecule has 440 valence electrons. The zero-order valence-electron chi connectivity index (χ0n) is 48.2. The van der Waals surface area contributed by atoms with Crippen molar-refractivity contribution in [1.82, 2.24) is 24.6 Å². The van der Waals surface area contributed by atoms with Gasteiger partial charge >= 0.3 is 6.09 Å². The number of thioether (sulfide) groups is 1. The number of aldehydes is 1. The first-order valence-electron chi connectivity index (χ1n) is 28.4. The molecule has 10 heterocycles. The van der Waals surface area contributed by atoms with Crippen LogP contribution in [0.15, 0.2) is 170 Å². The number of hydrogen-bond acceptors (Lipinski definition) is 18. The van der Waals surface area contributed by atoms with Gasteiger partial charge in [0.15, 0.2) is 6.29 Å². The fraction of sp³-hybridized carbons (Fsp3) is 0.209. The number of thiophene rings is 6. The van der Waals surface area contributed by atoms with E-state index < -0.39 is 6.09 Å². The number of ether oxygens (including phenoxy) is 1. The second-order valence-electron chi connectivity index (χ2n) is 20.0. The number of nitrogen functional groups attached to an aromatic ring is 2. The second-order valence-corrected chi connectivity index (χ2v) is 28.4. The van der Waals surface area contributed by atoms with Crippen molar-refractivity contribution >= 4 is 152 Å². The zero-order chi connectivity index (χ0) is 59.8. The quantitative estimate of drug-likeness (QED) is 0.0314. The lowest BCUT2D eigenvalue weighted by molar-refractivity contribution is 0.112. The van der Waals surface area contributed by atoms with E-state index in [0.29, 0.717) is 10.6 Å². The van der Waals surface area contributed by atoms with Gasteiger partial charge in [0.2, 0.25) is 0 Å². The van der Waals surface area contributed by atoms with Gasteiger partial charge in [-0.25, -0.2) is 19.7 Å². The van der Waals surface area contributed by atoms with Gasteiger partial charge in [0.05, 0.1) is 65.0 Å². The maximum atomic E-state index is 12.1. The van der Waals surface area contributed by atoms with E-state index in [0.717, 1.165) is 143 Å². The van der Waals surface area contributed by atoms with Gasteiger partial charge in [-0.2, -0.15) is 0 Å². The highest BCUT2D eigenvalue weighted by molar-refractivity contribution is 8.01. The summed E-state index contributed by atoms with van der Waals surface area (Å²) in [6, 6.07) is 49.5. The third-order valence-corrected chi connectivity index (χ3v) is 22.2. The third-order valence-electron chi connectivity index (χ3n) is 13.9. The number of carbonyl (C=O) groups is 2. The van der Waals surface area contributed by atoms with E-state index in [9.17, 15) is 9.59 Å². The molecular formula is C67H66N8O3S8. The summed E-state index contributed by atoms with van der Waals surface area (Å²) in [7, 11) is 3.58. The zero-order valence-corrected chi connectivity index (χ0v) is 54.7. The van der Waals surface area contributed by atoms with Crippen LogP contribution < -0.4 is 21.5 Å². The Morgan fingerprint density at radius 3 is 1.50 bits per heavy atom. The Morgan fingerprint density at radius 1 is 0.605 bits per heavy atom. The van der Waals surface area contributed by atoms with Crippen LogP contribution in [-0.2, 0) is 4.74 Å². The van der Waals surface area contributed by atoms with Crippen LogP contribution in [-0.4, -0.2) is 71.8 Å². The van der Waals surface area contributed by atoms with E-state index in [-0.39, 0.29) is 0 Å².